The largest absolute Gasteiger partial charge is 0.503 e. The van der Waals surface area contributed by atoms with Gasteiger partial charge in [0.1, 0.15) is 5.75 Å². The number of hydrogen-bond acceptors (Lipinski definition) is 6. The number of rotatable bonds is 5. The quantitative estimate of drug-likeness (QED) is 0.545. The van der Waals surface area contributed by atoms with Crippen LogP contribution in [0.15, 0.2) is 53.8 Å². The molecule has 1 aromatic heterocycles. The molecule has 2 heterocycles. The van der Waals surface area contributed by atoms with Gasteiger partial charge in [-0.15, -0.1) is 11.3 Å². The Bertz CT molecular complexity index is 1260. The Morgan fingerprint density at radius 1 is 1.09 bits per heavy atom. The fourth-order valence-corrected chi connectivity index (χ4v) is 4.90. The van der Waals surface area contributed by atoms with Gasteiger partial charge in [-0.05, 0) is 62.6 Å². The Labute approximate surface area is 190 Å². The Morgan fingerprint density at radius 2 is 1.78 bits per heavy atom. The van der Waals surface area contributed by atoms with Crippen LogP contribution in [0, 0.1) is 27.7 Å². The average molecular weight is 449 g/mol. The summed E-state index contributed by atoms with van der Waals surface area (Å²) in [5.41, 5.74) is 3.85. The van der Waals surface area contributed by atoms with E-state index in [4.69, 9.17) is 4.74 Å². The summed E-state index contributed by atoms with van der Waals surface area (Å²) in [5, 5.41) is 11.7. The number of thiazole rings is 1. The van der Waals surface area contributed by atoms with Gasteiger partial charge in [-0.2, -0.15) is 0 Å². The lowest BCUT2D eigenvalue weighted by Crippen LogP contribution is -2.31. The minimum atomic E-state index is -0.775. The fourth-order valence-electron chi connectivity index (χ4n) is 4.03. The van der Waals surface area contributed by atoms with E-state index >= 15 is 0 Å². The van der Waals surface area contributed by atoms with Gasteiger partial charge in [0.05, 0.1) is 34.3 Å². The van der Waals surface area contributed by atoms with E-state index in [2.05, 4.69) is 4.98 Å². The van der Waals surface area contributed by atoms with E-state index in [1.54, 1.807) is 26.2 Å². The van der Waals surface area contributed by atoms with Gasteiger partial charge in [-0.25, -0.2) is 4.98 Å². The summed E-state index contributed by atoms with van der Waals surface area (Å²) < 4.78 is 5.27. The van der Waals surface area contributed by atoms with Crippen molar-refractivity contribution in [2.75, 3.05) is 12.0 Å². The SMILES string of the molecule is COc1ccc(C2C(C(=O)c3sc(C)nc3C)=C(O)C(=O)N2c2cc(C)ccc2C)cc1. The normalized spacial score (nSPS) is 16.1. The minimum Gasteiger partial charge on any atom is -0.503 e. The van der Waals surface area contributed by atoms with Crippen molar-refractivity contribution < 1.29 is 19.4 Å². The highest BCUT2D eigenvalue weighted by Gasteiger charge is 2.45. The summed E-state index contributed by atoms with van der Waals surface area (Å²) in [7, 11) is 1.58. The number of amides is 1. The summed E-state index contributed by atoms with van der Waals surface area (Å²) >= 11 is 1.26. The number of Topliss-reactive ketones (excluding diaryl/α,β-unsaturated/α-hetero) is 1. The molecule has 0 bridgehead atoms. The molecule has 0 saturated carbocycles. The molecular weight excluding hydrogens is 424 g/mol. The molecular formula is C25H24N2O4S. The Balaban J connectivity index is 1.92. The first-order valence-corrected chi connectivity index (χ1v) is 11.0. The number of nitrogens with zero attached hydrogens (tertiary/aromatic N) is 2. The van der Waals surface area contributed by atoms with Gasteiger partial charge in [-0.1, -0.05) is 24.3 Å². The van der Waals surface area contributed by atoms with E-state index in [1.807, 2.05) is 51.1 Å². The number of aromatic nitrogens is 1. The number of benzene rings is 2. The van der Waals surface area contributed by atoms with Crippen LogP contribution in [0.25, 0.3) is 0 Å². The molecule has 7 heteroatoms. The third-order valence-corrected chi connectivity index (χ3v) is 6.69. The number of ether oxygens (including phenoxy) is 1. The first-order valence-electron chi connectivity index (χ1n) is 10.2. The molecule has 1 aliphatic rings. The molecule has 1 atom stereocenters. The standard InChI is InChI=1S/C25H24N2O4S/c1-13-6-7-14(2)19(12-13)27-21(17-8-10-18(31-5)11-9-17)20(23(29)25(27)30)22(28)24-15(3)26-16(4)32-24/h6-12,21,29H,1-5H3. The second-order valence-corrected chi connectivity index (χ2v) is 9.08. The van der Waals surface area contributed by atoms with Crippen LogP contribution in [0.4, 0.5) is 5.69 Å². The molecule has 4 rings (SSSR count). The molecule has 32 heavy (non-hydrogen) atoms. The van der Waals surface area contributed by atoms with E-state index in [1.165, 1.54) is 16.2 Å². The topological polar surface area (TPSA) is 79.7 Å². The molecule has 0 aliphatic carbocycles. The maximum Gasteiger partial charge on any atom is 0.294 e. The van der Waals surface area contributed by atoms with E-state index in [0.29, 0.717) is 27.6 Å². The molecule has 1 aliphatic heterocycles. The van der Waals surface area contributed by atoms with Gasteiger partial charge in [0.25, 0.3) is 5.91 Å². The molecule has 0 radical (unpaired) electrons. The summed E-state index contributed by atoms with van der Waals surface area (Å²) in [5.74, 6) is -0.845. The lowest BCUT2D eigenvalue weighted by molar-refractivity contribution is -0.117. The molecule has 0 saturated heterocycles. The molecule has 1 N–H and O–H groups in total. The zero-order chi connectivity index (χ0) is 23.2. The minimum absolute atomic E-state index is 0.0628. The van der Waals surface area contributed by atoms with Crippen molar-refractivity contribution in [3.05, 3.63) is 86.1 Å². The van der Waals surface area contributed by atoms with Crippen LogP contribution in [0.3, 0.4) is 0 Å². The van der Waals surface area contributed by atoms with Crippen LogP contribution < -0.4 is 9.64 Å². The Hall–Kier alpha value is -3.45. The second-order valence-electron chi connectivity index (χ2n) is 7.88. The number of carbonyl (C=O) groups is 2. The van der Waals surface area contributed by atoms with E-state index in [-0.39, 0.29) is 11.4 Å². The van der Waals surface area contributed by atoms with Crippen molar-refractivity contribution in [2.24, 2.45) is 0 Å². The van der Waals surface area contributed by atoms with Crippen molar-refractivity contribution in [3.8, 4) is 5.75 Å². The van der Waals surface area contributed by atoms with Crippen LogP contribution >= 0.6 is 11.3 Å². The molecule has 3 aromatic rings. The number of aliphatic hydroxyl groups is 1. The molecule has 6 nitrogen and oxygen atoms in total. The maximum absolute atomic E-state index is 13.6. The first kappa shape index (κ1) is 21.8. The van der Waals surface area contributed by atoms with Crippen molar-refractivity contribution in [2.45, 2.75) is 33.7 Å². The van der Waals surface area contributed by atoms with Gasteiger partial charge in [0, 0.05) is 5.69 Å². The number of anilines is 1. The number of hydrogen-bond donors (Lipinski definition) is 1. The average Bonchev–Trinajstić information content (AvgIpc) is 3.25. The highest BCUT2D eigenvalue weighted by Crippen LogP contribution is 2.44. The molecule has 1 unspecified atom stereocenters. The first-order chi connectivity index (χ1) is 15.2. The lowest BCUT2D eigenvalue weighted by Gasteiger charge is -2.28. The number of methoxy groups -OCH3 is 1. The van der Waals surface area contributed by atoms with Crippen molar-refractivity contribution in [1.82, 2.24) is 4.98 Å². The molecule has 164 valence electrons. The van der Waals surface area contributed by atoms with Crippen molar-refractivity contribution in [1.29, 1.82) is 0 Å². The van der Waals surface area contributed by atoms with Crippen LogP contribution in [-0.4, -0.2) is 28.9 Å². The maximum atomic E-state index is 13.6. The molecule has 1 amide bonds. The fraction of sp³-hybridized carbons (Fsp3) is 0.240. The molecule has 0 spiro atoms. The van der Waals surface area contributed by atoms with Gasteiger partial charge in [0.15, 0.2) is 5.76 Å². The molecule has 0 fully saturated rings. The highest BCUT2D eigenvalue weighted by molar-refractivity contribution is 7.14. The Morgan fingerprint density at radius 3 is 2.38 bits per heavy atom. The Kier molecular flexibility index (Phi) is 5.60. The van der Waals surface area contributed by atoms with E-state index in [9.17, 15) is 14.7 Å². The van der Waals surface area contributed by atoms with E-state index < -0.39 is 17.7 Å². The third kappa shape index (κ3) is 3.58. The monoisotopic (exact) mass is 448 g/mol. The van der Waals surface area contributed by atoms with Crippen LogP contribution in [0.2, 0.25) is 0 Å². The zero-order valence-corrected chi connectivity index (χ0v) is 19.4. The summed E-state index contributed by atoms with van der Waals surface area (Å²) in [6, 6.07) is 12.2. The van der Waals surface area contributed by atoms with Crippen molar-refractivity contribution >= 4 is 28.7 Å². The van der Waals surface area contributed by atoms with Gasteiger partial charge >= 0.3 is 0 Å². The lowest BCUT2D eigenvalue weighted by atomic mass is 9.94. The predicted molar refractivity (Wildman–Crippen MR) is 125 cm³/mol. The number of aliphatic hydroxyl groups excluding tert-OH is 1. The smallest absolute Gasteiger partial charge is 0.294 e. The van der Waals surface area contributed by atoms with Gasteiger partial charge in [-0.3, -0.25) is 14.5 Å². The second kappa shape index (κ2) is 8.24. The summed E-state index contributed by atoms with van der Waals surface area (Å²) in [6.45, 7) is 7.43. The summed E-state index contributed by atoms with van der Waals surface area (Å²) in [4.78, 5) is 33.3. The van der Waals surface area contributed by atoms with E-state index in [0.717, 1.165) is 16.1 Å². The van der Waals surface area contributed by atoms with Crippen LogP contribution in [0.1, 0.15) is 43.1 Å². The van der Waals surface area contributed by atoms with Gasteiger partial charge < -0.3 is 9.84 Å². The zero-order valence-electron chi connectivity index (χ0n) is 18.6. The summed E-state index contributed by atoms with van der Waals surface area (Å²) in [6.07, 6.45) is 0. The van der Waals surface area contributed by atoms with Crippen LogP contribution in [-0.2, 0) is 4.79 Å². The number of aryl methyl sites for hydroxylation is 4. The number of carbonyl (C=O) groups excluding carboxylic acids is 2. The van der Waals surface area contributed by atoms with Crippen molar-refractivity contribution in [3.63, 3.8) is 0 Å². The van der Waals surface area contributed by atoms with Gasteiger partial charge in [0.2, 0.25) is 5.78 Å². The molecule has 2 aromatic carbocycles. The third-order valence-electron chi connectivity index (χ3n) is 5.62. The number of ketones is 1. The highest BCUT2D eigenvalue weighted by atomic mass is 32.1. The predicted octanol–water partition coefficient (Wildman–Crippen LogP) is 5.17. The van der Waals surface area contributed by atoms with Crippen LogP contribution in [0.5, 0.6) is 5.75 Å².